The van der Waals surface area contributed by atoms with Crippen LogP contribution in [0.1, 0.15) is 29.8 Å². The predicted octanol–water partition coefficient (Wildman–Crippen LogP) is 4.12. The third-order valence-electron chi connectivity index (χ3n) is 5.35. The number of anilines is 1. The SMILES string of the molecule is CC(C)S(=O)(=O)c1cccc(C(=O)N(Cc2cccnc2)c2nc3ccc(S(C)(=O)=O)cc3s2)c1. The average molecular weight is 530 g/mol. The van der Waals surface area contributed by atoms with Gasteiger partial charge < -0.3 is 0 Å². The first-order valence-corrected chi connectivity index (χ1v) is 14.9. The molecule has 0 radical (unpaired) electrons. The van der Waals surface area contributed by atoms with E-state index in [9.17, 15) is 21.6 Å². The Labute approximate surface area is 208 Å². The second-order valence-electron chi connectivity index (χ2n) is 8.27. The highest BCUT2D eigenvalue weighted by atomic mass is 32.2. The lowest BCUT2D eigenvalue weighted by Crippen LogP contribution is -2.30. The van der Waals surface area contributed by atoms with Crippen molar-refractivity contribution in [3.8, 4) is 0 Å². The van der Waals surface area contributed by atoms with Gasteiger partial charge in [0.1, 0.15) is 0 Å². The molecule has 0 aliphatic rings. The molecule has 1 amide bonds. The molecular formula is C24H23N3O5S3. The maximum Gasteiger partial charge on any atom is 0.260 e. The Morgan fingerprint density at radius 2 is 1.77 bits per heavy atom. The van der Waals surface area contributed by atoms with Gasteiger partial charge in [0.25, 0.3) is 5.91 Å². The van der Waals surface area contributed by atoms with Crippen LogP contribution >= 0.6 is 11.3 Å². The van der Waals surface area contributed by atoms with Crippen LogP contribution in [0, 0.1) is 0 Å². The molecule has 0 unspecified atom stereocenters. The van der Waals surface area contributed by atoms with Crippen molar-refractivity contribution >= 4 is 52.3 Å². The van der Waals surface area contributed by atoms with Crippen LogP contribution in [0.25, 0.3) is 10.2 Å². The van der Waals surface area contributed by atoms with E-state index in [-0.39, 0.29) is 21.9 Å². The first-order chi connectivity index (χ1) is 16.5. The van der Waals surface area contributed by atoms with Gasteiger partial charge in [0.05, 0.1) is 31.8 Å². The minimum Gasteiger partial charge on any atom is -0.279 e. The van der Waals surface area contributed by atoms with E-state index in [1.165, 1.54) is 40.5 Å². The maximum atomic E-state index is 13.7. The summed E-state index contributed by atoms with van der Waals surface area (Å²) in [6.45, 7) is 3.32. The lowest BCUT2D eigenvalue weighted by atomic mass is 10.2. The van der Waals surface area contributed by atoms with Crippen molar-refractivity contribution in [3.05, 3.63) is 78.1 Å². The van der Waals surface area contributed by atoms with Crippen molar-refractivity contribution in [1.29, 1.82) is 0 Å². The lowest BCUT2D eigenvalue weighted by Gasteiger charge is -2.20. The van der Waals surface area contributed by atoms with Crippen LogP contribution in [0.15, 0.2) is 76.8 Å². The number of carbonyl (C=O) groups is 1. The first-order valence-electron chi connectivity index (χ1n) is 10.6. The molecule has 8 nitrogen and oxygen atoms in total. The molecule has 0 fully saturated rings. The second kappa shape index (κ2) is 9.48. The Morgan fingerprint density at radius 1 is 1.00 bits per heavy atom. The quantitative estimate of drug-likeness (QED) is 0.354. The number of benzene rings is 2. The normalized spacial score (nSPS) is 12.2. The van der Waals surface area contributed by atoms with E-state index in [0.717, 1.165) is 11.8 Å². The Balaban J connectivity index is 1.80. The average Bonchev–Trinajstić information content (AvgIpc) is 3.25. The van der Waals surface area contributed by atoms with E-state index >= 15 is 0 Å². The Morgan fingerprint density at radius 3 is 2.43 bits per heavy atom. The number of hydrogen-bond acceptors (Lipinski definition) is 8. The van der Waals surface area contributed by atoms with Crippen molar-refractivity contribution in [1.82, 2.24) is 9.97 Å². The third-order valence-corrected chi connectivity index (χ3v) is 9.65. The summed E-state index contributed by atoms with van der Waals surface area (Å²) in [7, 11) is -6.98. The summed E-state index contributed by atoms with van der Waals surface area (Å²) in [5, 5.41) is -0.274. The number of fused-ring (bicyclic) bond motifs is 1. The molecule has 0 aliphatic heterocycles. The monoisotopic (exact) mass is 529 g/mol. The minimum absolute atomic E-state index is 0.0711. The largest absolute Gasteiger partial charge is 0.279 e. The number of thiazole rings is 1. The van der Waals surface area contributed by atoms with Gasteiger partial charge in [-0.15, -0.1) is 0 Å². The van der Waals surface area contributed by atoms with Crippen LogP contribution in [0.3, 0.4) is 0 Å². The van der Waals surface area contributed by atoms with Gasteiger partial charge in [0.15, 0.2) is 24.8 Å². The molecule has 0 spiro atoms. The Kier molecular flexibility index (Phi) is 6.76. The van der Waals surface area contributed by atoms with Gasteiger partial charge in [0, 0.05) is 24.2 Å². The van der Waals surface area contributed by atoms with Crippen molar-refractivity contribution in [3.63, 3.8) is 0 Å². The standard InChI is InChI=1S/C24H23N3O5S3/c1-16(2)35(31,32)20-8-4-7-18(12-20)23(28)27(15-17-6-5-11-25-14-17)24-26-21-10-9-19(34(3,29)30)13-22(21)33-24/h4-14,16H,15H2,1-3H3. The van der Waals surface area contributed by atoms with E-state index in [4.69, 9.17) is 0 Å². The van der Waals surface area contributed by atoms with E-state index in [2.05, 4.69) is 9.97 Å². The number of aromatic nitrogens is 2. The van der Waals surface area contributed by atoms with Crippen LogP contribution in [-0.2, 0) is 26.2 Å². The van der Waals surface area contributed by atoms with Crippen molar-refractivity contribution < 1.29 is 21.6 Å². The number of amides is 1. The number of pyridine rings is 1. The molecule has 2 aromatic heterocycles. The topological polar surface area (TPSA) is 114 Å². The highest BCUT2D eigenvalue weighted by Crippen LogP contribution is 2.32. The molecule has 4 aromatic rings. The fourth-order valence-corrected chi connectivity index (χ4v) is 6.20. The third kappa shape index (κ3) is 5.26. The second-order valence-corrected chi connectivity index (χ2v) is 13.8. The molecule has 0 bridgehead atoms. The van der Waals surface area contributed by atoms with Crippen molar-refractivity contribution in [2.45, 2.75) is 35.4 Å². The molecule has 2 heterocycles. The van der Waals surface area contributed by atoms with Crippen molar-refractivity contribution in [2.24, 2.45) is 0 Å². The zero-order valence-corrected chi connectivity index (χ0v) is 21.7. The summed E-state index contributed by atoms with van der Waals surface area (Å²) in [6, 6.07) is 14.2. The van der Waals surface area contributed by atoms with Gasteiger partial charge in [0.2, 0.25) is 0 Å². The molecular weight excluding hydrogens is 506 g/mol. The fourth-order valence-electron chi connectivity index (χ4n) is 3.37. The van der Waals surface area contributed by atoms with Crippen LogP contribution in [0.5, 0.6) is 0 Å². The van der Waals surface area contributed by atoms with Crippen LogP contribution in [0.4, 0.5) is 5.13 Å². The minimum atomic E-state index is -3.57. The number of carbonyl (C=O) groups excluding carboxylic acids is 1. The molecule has 4 rings (SSSR count). The molecule has 35 heavy (non-hydrogen) atoms. The molecule has 0 atom stereocenters. The van der Waals surface area contributed by atoms with Gasteiger partial charge in [-0.3, -0.25) is 14.7 Å². The number of rotatable bonds is 7. The smallest absolute Gasteiger partial charge is 0.260 e. The molecule has 0 N–H and O–H groups in total. The molecule has 0 aliphatic carbocycles. The summed E-state index contributed by atoms with van der Waals surface area (Å²) >= 11 is 1.18. The van der Waals surface area contributed by atoms with Crippen LogP contribution < -0.4 is 4.90 Å². The van der Waals surface area contributed by atoms with E-state index in [1.54, 1.807) is 50.5 Å². The van der Waals surface area contributed by atoms with E-state index in [1.807, 2.05) is 6.07 Å². The molecule has 11 heteroatoms. The highest BCUT2D eigenvalue weighted by molar-refractivity contribution is 7.92. The molecule has 0 saturated carbocycles. The van der Waals surface area contributed by atoms with E-state index in [0.29, 0.717) is 15.3 Å². The lowest BCUT2D eigenvalue weighted by molar-refractivity contribution is 0.0985. The zero-order chi connectivity index (χ0) is 25.4. The fraction of sp³-hybridized carbons (Fsp3) is 0.208. The van der Waals surface area contributed by atoms with Gasteiger partial charge in [-0.1, -0.05) is 23.5 Å². The number of hydrogen-bond donors (Lipinski definition) is 0. The molecule has 2 aromatic carbocycles. The zero-order valence-electron chi connectivity index (χ0n) is 19.2. The van der Waals surface area contributed by atoms with Crippen molar-refractivity contribution in [2.75, 3.05) is 11.2 Å². The summed E-state index contributed by atoms with van der Waals surface area (Å²) in [6.07, 6.45) is 4.39. The summed E-state index contributed by atoms with van der Waals surface area (Å²) in [5.41, 5.74) is 1.51. The number of nitrogens with zero attached hydrogens (tertiary/aromatic N) is 3. The highest BCUT2D eigenvalue weighted by Gasteiger charge is 2.25. The van der Waals surface area contributed by atoms with Gasteiger partial charge >= 0.3 is 0 Å². The first kappa shape index (κ1) is 25.0. The molecule has 0 saturated heterocycles. The Hall–Kier alpha value is -3.15. The summed E-state index contributed by atoms with van der Waals surface area (Å²) in [5.74, 6) is -0.433. The summed E-state index contributed by atoms with van der Waals surface area (Å²) in [4.78, 5) is 24.0. The van der Waals surface area contributed by atoms with E-state index < -0.39 is 30.8 Å². The van der Waals surface area contributed by atoms with Crippen LogP contribution in [-0.4, -0.2) is 44.2 Å². The number of sulfone groups is 2. The summed E-state index contributed by atoms with van der Waals surface area (Å²) < 4.78 is 49.9. The maximum absolute atomic E-state index is 13.7. The van der Waals surface area contributed by atoms with Crippen LogP contribution in [0.2, 0.25) is 0 Å². The molecule has 182 valence electrons. The van der Waals surface area contributed by atoms with Gasteiger partial charge in [-0.25, -0.2) is 21.8 Å². The van der Waals surface area contributed by atoms with Gasteiger partial charge in [-0.05, 0) is 61.9 Å². The predicted molar refractivity (Wildman–Crippen MR) is 136 cm³/mol. The Bertz CT molecular complexity index is 1610. The van der Waals surface area contributed by atoms with Gasteiger partial charge in [-0.2, -0.15) is 0 Å².